The summed E-state index contributed by atoms with van der Waals surface area (Å²) in [6.07, 6.45) is -0.349. The molecule has 4 N–H and O–H groups in total. The van der Waals surface area contributed by atoms with E-state index in [9.17, 15) is 14.4 Å². The average molecular weight is 418 g/mol. The molecule has 0 spiro atoms. The van der Waals surface area contributed by atoms with Crippen LogP contribution in [0.1, 0.15) is 37.4 Å². The number of anilines is 1. The van der Waals surface area contributed by atoms with Gasteiger partial charge in [0.1, 0.15) is 0 Å². The highest BCUT2D eigenvalue weighted by Gasteiger charge is 2.24. The molecule has 0 radical (unpaired) electrons. The maximum Gasteiger partial charge on any atom is 0.312 e. The summed E-state index contributed by atoms with van der Waals surface area (Å²) in [5.41, 5.74) is 7.49. The van der Waals surface area contributed by atoms with E-state index in [1.165, 1.54) is 6.92 Å². The van der Waals surface area contributed by atoms with E-state index in [2.05, 4.69) is 10.6 Å². The Morgan fingerprint density at radius 3 is 2.34 bits per heavy atom. The van der Waals surface area contributed by atoms with Gasteiger partial charge in [-0.25, -0.2) is 4.79 Å². The van der Waals surface area contributed by atoms with Crippen LogP contribution in [0, 0.1) is 0 Å². The lowest BCUT2D eigenvalue weighted by Gasteiger charge is -2.20. The fourth-order valence-electron chi connectivity index (χ4n) is 2.70. The number of nitrogens with one attached hydrogen (secondary N) is 2. The van der Waals surface area contributed by atoms with E-state index in [1.54, 1.807) is 36.4 Å². The molecule has 2 atom stereocenters. The first-order valence-corrected chi connectivity index (χ1v) is 9.57. The van der Waals surface area contributed by atoms with Gasteiger partial charge in [0.15, 0.2) is 6.10 Å². The summed E-state index contributed by atoms with van der Waals surface area (Å²) in [5, 5.41) is 5.55. The lowest BCUT2D eigenvalue weighted by molar-refractivity contribution is -0.153. The summed E-state index contributed by atoms with van der Waals surface area (Å²) >= 11 is 6.15. The average Bonchev–Trinajstić information content (AvgIpc) is 2.68. The molecule has 29 heavy (non-hydrogen) atoms. The Morgan fingerprint density at radius 2 is 1.76 bits per heavy atom. The predicted molar refractivity (Wildman–Crippen MR) is 112 cm³/mol. The minimum Gasteiger partial charge on any atom is -0.452 e. The van der Waals surface area contributed by atoms with Gasteiger partial charge >= 0.3 is 12.0 Å². The fraction of sp³-hybridized carbons (Fsp3) is 0.286. The van der Waals surface area contributed by atoms with Crippen molar-refractivity contribution in [2.45, 2.75) is 38.8 Å². The van der Waals surface area contributed by atoms with E-state index in [-0.39, 0.29) is 6.42 Å². The van der Waals surface area contributed by atoms with Crippen LogP contribution in [-0.2, 0) is 20.7 Å². The Kier molecular flexibility index (Phi) is 8.03. The van der Waals surface area contributed by atoms with Crippen LogP contribution in [-0.4, -0.2) is 24.0 Å². The molecule has 0 aromatic heterocycles. The Hall–Kier alpha value is -3.06. The van der Waals surface area contributed by atoms with Gasteiger partial charge in [-0.2, -0.15) is 0 Å². The van der Waals surface area contributed by atoms with E-state index in [0.29, 0.717) is 16.3 Å². The summed E-state index contributed by atoms with van der Waals surface area (Å²) in [6, 6.07) is 12.6. The second-order valence-electron chi connectivity index (χ2n) is 6.46. The van der Waals surface area contributed by atoms with Gasteiger partial charge < -0.3 is 21.1 Å². The van der Waals surface area contributed by atoms with Gasteiger partial charge in [-0.1, -0.05) is 48.9 Å². The van der Waals surface area contributed by atoms with Crippen molar-refractivity contribution < 1.29 is 19.1 Å². The number of ether oxygens (including phenoxy) is 1. The normalized spacial score (nSPS) is 12.5. The van der Waals surface area contributed by atoms with Crippen LogP contribution in [0.15, 0.2) is 48.5 Å². The molecule has 0 heterocycles. The van der Waals surface area contributed by atoms with E-state index >= 15 is 0 Å². The number of amides is 3. The van der Waals surface area contributed by atoms with E-state index < -0.39 is 30.1 Å². The topological polar surface area (TPSA) is 111 Å². The van der Waals surface area contributed by atoms with Gasteiger partial charge in [-0.15, -0.1) is 0 Å². The van der Waals surface area contributed by atoms with Crippen molar-refractivity contribution in [2.75, 3.05) is 5.32 Å². The van der Waals surface area contributed by atoms with Crippen molar-refractivity contribution in [1.29, 1.82) is 0 Å². The summed E-state index contributed by atoms with van der Waals surface area (Å²) in [6.45, 7) is 3.51. The summed E-state index contributed by atoms with van der Waals surface area (Å²) in [7, 11) is 0. The van der Waals surface area contributed by atoms with Gasteiger partial charge in [0.2, 0.25) is 0 Å². The lowest BCUT2D eigenvalue weighted by atomic mass is 10.0. The maximum absolute atomic E-state index is 12.3. The molecule has 8 heteroatoms. The molecule has 7 nitrogen and oxygen atoms in total. The quantitative estimate of drug-likeness (QED) is 0.570. The molecule has 154 valence electrons. The number of aryl methyl sites for hydroxylation is 1. The first-order chi connectivity index (χ1) is 13.8. The zero-order chi connectivity index (χ0) is 21.4. The second-order valence-corrected chi connectivity index (χ2v) is 6.87. The number of nitrogens with two attached hydrogens (primary N) is 1. The highest BCUT2D eigenvalue weighted by atomic mass is 35.5. The van der Waals surface area contributed by atoms with Crippen LogP contribution in [0.25, 0.3) is 0 Å². The van der Waals surface area contributed by atoms with Crippen LogP contribution in [0.4, 0.5) is 10.5 Å². The Bertz CT molecular complexity index is 870. The predicted octanol–water partition coefficient (Wildman–Crippen LogP) is 3.57. The molecule has 0 aliphatic carbocycles. The van der Waals surface area contributed by atoms with Crippen molar-refractivity contribution in [3.05, 3.63) is 64.7 Å². The highest BCUT2D eigenvalue weighted by molar-refractivity contribution is 6.31. The number of halogens is 1. The molecular formula is C21H24ClN3O4. The van der Waals surface area contributed by atoms with Crippen LogP contribution >= 0.6 is 11.6 Å². The third-order valence-electron chi connectivity index (χ3n) is 4.28. The number of hydrogen-bond acceptors (Lipinski definition) is 4. The number of urea groups is 1. The summed E-state index contributed by atoms with van der Waals surface area (Å²) < 4.78 is 5.22. The molecule has 0 bridgehead atoms. The van der Waals surface area contributed by atoms with Gasteiger partial charge in [-0.05, 0) is 42.7 Å². The first-order valence-electron chi connectivity index (χ1n) is 9.19. The smallest absolute Gasteiger partial charge is 0.312 e. The lowest BCUT2D eigenvalue weighted by Crippen LogP contribution is -2.36. The molecular weight excluding hydrogens is 394 g/mol. The van der Waals surface area contributed by atoms with Gasteiger partial charge in [-0.3, -0.25) is 9.59 Å². The standard InChI is InChI=1S/C21H24ClN3O4/c1-3-14-8-10-15(11-9-14)24-20(27)13(2)29-19(26)12-18(25-21(23)28)16-6-4-5-7-17(16)22/h4-11,13,18H,3,12H2,1-2H3,(H,24,27)(H3,23,25,28)/t13-,18-/m0/s1. The molecule has 2 aromatic rings. The molecule has 3 amide bonds. The molecule has 2 rings (SSSR count). The van der Waals surface area contributed by atoms with Gasteiger partial charge in [0.05, 0.1) is 12.5 Å². The van der Waals surface area contributed by atoms with Crippen LogP contribution in [0.3, 0.4) is 0 Å². The minimum absolute atomic E-state index is 0.227. The summed E-state index contributed by atoms with van der Waals surface area (Å²) in [5.74, 6) is -1.13. The Balaban J connectivity index is 1.98. The van der Waals surface area contributed by atoms with Crippen molar-refractivity contribution >= 4 is 35.2 Å². The monoisotopic (exact) mass is 417 g/mol. The van der Waals surface area contributed by atoms with E-state index in [1.807, 2.05) is 19.1 Å². The number of carbonyl (C=O) groups is 3. The van der Waals surface area contributed by atoms with Crippen molar-refractivity contribution in [3.8, 4) is 0 Å². The largest absolute Gasteiger partial charge is 0.452 e. The third kappa shape index (κ3) is 6.80. The molecule has 0 saturated carbocycles. The van der Waals surface area contributed by atoms with Crippen molar-refractivity contribution in [1.82, 2.24) is 5.32 Å². The number of esters is 1. The Labute approximate surface area is 174 Å². The Morgan fingerprint density at radius 1 is 1.10 bits per heavy atom. The summed E-state index contributed by atoms with van der Waals surface area (Å²) in [4.78, 5) is 35.9. The first kappa shape index (κ1) is 22.2. The molecule has 2 aromatic carbocycles. The van der Waals surface area contributed by atoms with Gasteiger partial charge in [0.25, 0.3) is 5.91 Å². The van der Waals surface area contributed by atoms with E-state index in [4.69, 9.17) is 22.1 Å². The number of primary amides is 1. The zero-order valence-electron chi connectivity index (χ0n) is 16.3. The minimum atomic E-state index is -1.02. The van der Waals surface area contributed by atoms with Crippen molar-refractivity contribution in [3.63, 3.8) is 0 Å². The van der Waals surface area contributed by atoms with Crippen LogP contribution < -0.4 is 16.4 Å². The fourth-order valence-corrected chi connectivity index (χ4v) is 2.97. The highest BCUT2D eigenvalue weighted by Crippen LogP contribution is 2.25. The second kappa shape index (κ2) is 10.5. The molecule has 0 aliphatic rings. The molecule has 0 unspecified atom stereocenters. The zero-order valence-corrected chi connectivity index (χ0v) is 17.0. The number of rotatable bonds is 8. The number of hydrogen-bond donors (Lipinski definition) is 3. The van der Waals surface area contributed by atoms with Gasteiger partial charge in [0, 0.05) is 10.7 Å². The number of carbonyl (C=O) groups excluding carboxylic acids is 3. The van der Waals surface area contributed by atoms with E-state index in [0.717, 1.165) is 12.0 Å². The van der Waals surface area contributed by atoms with Crippen LogP contribution in [0.2, 0.25) is 5.02 Å². The van der Waals surface area contributed by atoms with Crippen molar-refractivity contribution in [2.24, 2.45) is 5.73 Å². The van der Waals surface area contributed by atoms with Crippen LogP contribution in [0.5, 0.6) is 0 Å². The third-order valence-corrected chi connectivity index (χ3v) is 4.62. The number of benzene rings is 2. The SMILES string of the molecule is CCc1ccc(NC(=O)[C@H](C)OC(=O)C[C@H](NC(N)=O)c2ccccc2Cl)cc1. The molecule has 0 aliphatic heterocycles. The molecule has 0 saturated heterocycles. The maximum atomic E-state index is 12.3. The molecule has 0 fully saturated rings.